The van der Waals surface area contributed by atoms with Gasteiger partial charge in [0.15, 0.2) is 5.82 Å². The Labute approximate surface area is 442 Å². The van der Waals surface area contributed by atoms with Crippen molar-refractivity contribution < 1.29 is 8.83 Å². The number of aromatic nitrogens is 2. The second-order valence-electron chi connectivity index (χ2n) is 19.8. The predicted octanol–water partition coefficient (Wildman–Crippen LogP) is 19.5. The van der Waals surface area contributed by atoms with E-state index in [9.17, 15) is 0 Å². The van der Waals surface area contributed by atoms with Crippen molar-refractivity contribution in [3.8, 4) is 78.3 Å². The van der Waals surface area contributed by atoms with Gasteiger partial charge in [-0.1, -0.05) is 208 Å². The number of rotatable bonds is 10. The average molecular weight is 975 g/mol. The Morgan fingerprint density at radius 3 is 1.80 bits per heavy atom. The number of benzene rings is 9. The standard InChI is InChI=1S/C72H50N2O2/c1-5-19-44(20-6-2)50-39-51(45-21-10-9-11-22-45)41-52(40-50)70-73-68(47-33-31-46(32-34-47)54-26-18-27-59-53(7-3)65(8-4)75-69(54)59)67-60-42-48(36-38-66(60)76-71(67)74-70)49-35-37-58-57-25-14-17-30-63(57)72(64(58)43-49)61-28-15-12-23-55(61)56-24-13-16-29-62(56)72/h5,7-43H,3-4,6H2,1-2H3/b19-5-,44-20+. The molecule has 0 bridgehead atoms. The van der Waals surface area contributed by atoms with E-state index in [1.54, 1.807) is 6.08 Å². The smallest absolute Gasteiger partial charge is 0.231 e. The van der Waals surface area contributed by atoms with Gasteiger partial charge in [-0.15, -0.1) is 0 Å². The zero-order chi connectivity index (χ0) is 51.1. The zero-order valence-corrected chi connectivity index (χ0v) is 42.3. The van der Waals surface area contributed by atoms with Gasteiger partial charge >= 0.3 is 0 Å². The Bertz CT molecular complexity index is 4360. The SMILES string of the molecule is C=Cc1oc2c(-c3ccc(-c4nc(-c5cc(C(/C=C\C)=C/CC)cc(-c6ccccc6)c5)nc5oc6ccc(-c7ccc8c(c7)C7(c9ccccc9-c9ccccc97)c7ccccc7-8)cc6c45)cc3)cccc2c1C=C. The summed E-state index contributed by atoms with van der Waals surface area (Å²) in [6.45, 7) is 12.3. The van der Waals surface area contributed by atoms with Gasteiger partial charge in [0.25, 0.3) is 0 Å². The molecule has 4 nitrogen and oxygen atoms in total. The predicted molar refractivity (Wildman–Crippen MR) is 316 cm³/mol. The Morgan fingerprint density at radius 2 is 1.12 bits per heavy atom. The van der Waals surface area contributed by atoms with Crippen LogP contribution in [0.4, 0.5) is 0 Å². The van der Waals surface area contributed by atoms with Crippen LogP contribution in [-0.2, 0) is 5.41 Å². The van der Waals surface area contributed by atoms with Crippen molar-refractivity contribution in [1.82, 2.24) is 9.97 Å². The van der Waals surface area contributed by atoms with Crippen LogP contribution in [0, 0.1) is 0 Å². The van der Waals surface area contributed by atoms with Crippen LogP contribution in [-0.4, -0.2) is 9.97 Å². The molecule has 360 valence electrons. The number of para-hydroxylation sites is 1. The number of allylic oxidation sites excluding steroid dienone is 4. The monoisotopic (exact) mass is 974 g/mol. The molecule has 12 aromatic rings. The fourth-order valence-electron chi connectivity index (χ4n) is 12.4. The summed E-state index contributed by atoms with van der Waals surface area (Å²) in [4.78, 5) is 10.9. The van der Waals surface area contributed by atoms with Crippen molar-refractivity contribution in [3.05, 3.63) is 271 Å². The lowest BCUT2D eigenvalue weighted by Crippen LogP contribution is -2.25. The molecule has 0 radical (unpaired) electrons. The van der Waals surface area contributed by atoms with E-state index in [-0.39, 0.29) is 0 Å². The van der Waals surface area contributed by atoms with E-state index in [1.807, 2.05) is 6.08 Å². The van der Waals surface area contributed by atoms with E-state index >= 15 is 0 Å². The molecule has 0 amide bonds. The van der Waals surface area contributed by atoms with Crippen molar-refractivity contribution in [3.63, 3.8) is 0 Å². The second kappa shape index (κ2) is 17.8. The summed E-state index contributed by atoms with van der Waals surface area (Å²) in [5.74, 6) is 1.29. The normalized spacial score (nSPS) is 13.2. The van der Waals surface area contributed by atoms with Crippen molar-refractivity contribution in [2.24, 2.45) is 0 Å². The van der Waals surface area contributed by atoms with E-state index in [4.69, 9.17) is 18.8 Å². The third-order valence-corrected chi connectivity index (χ3v) is 15.7. The number of hydrogen-bond donors (Lipinski definition) is 0. The summed E-state index contributed by atoms with van der Waals surface area (Å²) in [6, 6.07) is 72.6. The zero-order valence-electron chi connectivity index (χ0n) is 42.3. The highest BCUT2D eigenvalue weighted by molar-refractivity contribution is 6.12. The minimum Gasteiger partial charge on any atom is -0.455 e. The van der Waals surface area contributed by atoms with Gasteiger partial charge in [0.1, 0.15) is 16.9 Å². The van der Waals surface area contributed by atoms with Gasteiger partial charge < -0.3 is 8.83 Å². The third kappa shape index (κ3) is 6.77. The van der Waals surface area contributed by atoms with Crippen LogP contribution < -0.4 is 0 Å². The quantitative estimate of drug-likeness (QED) is 0.128. The van der Waals surface area contributed by atoms with Crippen molar-refractivity contribution >= 4 is 50.8 Å². The first-order valence-corrected chi connectivity index (χ1v) is 26.1. The first-order valence-electron chi connectivity index (χ1n) is 26.1. The number of hydrogen-bond acceptors (Lipinski definition) is 4. The Kier molecular flexibility index (Phi) is 10.5. The summed E-state index contributed by atoms with van der Waals surface area (Å²) in [7, 11) is 0. The molecule has 2 aliphatic rings. The van der Waals surface area contributed by atoms with Crippen LogP contribution in [0.5, 0.6) is 0 Å². The van der Waals surface area contributed by atoms with Crippen LogP contribution in [0.1, 0.15) is 59.4 Å². The topological polar surface area (TPSA) is 52.1 Å². The molecule has 4 heteroatoms. The van der Waals surface area contributed by atoms with Gasteiger partial charge in [-0.05, 0) is 139 Å². The van der Waals surface area contributed by atoms with E-state index in [0.29, 0.717) is 17.3 Å². The molecular formula is C72H50N2O2. The van der Waals surface area contributed by atoms with Crippen LogP contribution >= 0.6 is 0 Å². The first kappa shape index (κ1) is 45.0. The molecule has 9 aromatic carbocycles. The van der Waals surface area contributed by atoms with Crippen molar-refractivity contribution in [2.75, 3.05) is 0 Å². The number of fused-ring (bicyclic) bond motifs is 14. The Morgan fingerprint density at radius 1 is 0.500 bits per heavy atom. The third-order valence-electron chi connectivity index (χ3n) is 15.7. The minimum atomic E-state index is -0.451. The molecule has 0 N–H and O–H groups in total. The summed E-state index contributed by atoms with van der Waals surface area (Å²) in [5.41, 5.74) is 24.2. The van der Waals surface area contributed by atoms with Crippen molar-refractivity contribution in [1.29, 1.82) is 0 Å². The lowest BCUT2D eigenvalue weighted by atomic mass is 9.70. The molecule has 1 spiro atoms. The molecule has 0 atom stereocenters. The maximum absolute atomic E-state index is 6.88. The van der Waals surface area contributed by atoms with Crippen LogP contribution in [0.25, 0.3) is 129 Å². The Balaban J connectivity index is 0.973. The van der Waals surface area contributed by atoms with Gasteiger partial charge in [0, 0.05) is 33.0 Å². The highest BCUT2D eigenvalue weighted by Crippen LogP contribution is 2.63. The molecule has 0 saturated carbocycles. The summed E-state index contributed by atoms with van der Waals surface area (Å²) in [6.07, 6.45) is 11.0. The molecule has 0 aliphatic heterocycles. The number of nitrogens with zero attached hydrogens (tertiary/aromatic N) is 2. The lowest BCUT2D eigenvalue weighted by molar-refractivity contribution is 0.604. The van der Waals surface area contributed by atoms with Crippen LogP contribution in [0.2, 0.25) is 0 Å². The molecule has 3 heterocycles. The van der Waals surface area contributed by atoms with Gasteiger partial charge in [-0.2, -0.15) is 4.98 Å². The van der Waals surface area contributed by atoms with E-state index in [2.05, 4.69) is 245 Å². The molecular weight excluding hydrogens is 925 g/mol. The highest BCUT2D eigenvalue weighted by atomic mass is 16.3. The average Bonchev–Trinajstić information content (AvgIpc) is 4.22. The molecule has 0 fully saturated rings. The van der Waals surface area contributed by atoms with Crippen molar-refractivity contribution in [2.45, 2.75) is 25.7 Å². The van der Waals surface area contributed by atoms with Gasteiger partial charge in [-0.3, -0.25) is 0 Å². The molecule has 14 rings (SSSR count). The Hall–Kier alpha value is -9.64. The fourth-order valence-corrected chi connectivity index (χ4v) is 12.4. The molecule has 3 aromatic heterocycles. The van der Waals surface area contributed by atoms with Gasteiger partial charge in [-0.25, -0.2) is 4.98 Å². The summed E-state index contributed by atoms with van der Waals surface area (Å²) in [5, 5.41) is 2.80. The van der Waals surface area contributed by atoms with Crippen LogP contribution in [0.15, 0.2) is 240 Å². The minimum absolute atomic E-state index is 0.451. The molecule has 0 saturated heterocycles. The van der Waals surface area contributed by atoms with E-state index < -0.39 is 5.41 Å². The molecule has 2 aliphatic carbocycles. The lowest BCUT2D eigenvalue weighted by Gasteiger charge is -2.30. The fraction of sp³-hybridized carbons (Fsp3) is 0.0556. The second-order valence-corrected chi connectivity index (χ2v) is 19.8. The van der Waals surface area contributed by atoms with Gasteiger partial charge in [0.2, 0.25) is 5.71 Å². The number of furan rings is 2. The summed E-state index contributed by atoms with van der Waals surface area (Å²) >= 11 is 0. The molecule has 76 heavy (non-hydrogen) atoms. The largest absolute Gasteiger partial charge is 0.455 e. The molecule has 0 unspecified atom stereocenters. The summed E-state index contributed by atoms with van der Waals surface area (Å²) < 4.78 is 13.3. The van der Waals surface area contributed by atoms with Crippen LogP contribution in [0.3, 0.4) is 0 Å². The van der Waals surface area contributed by atoms with Gasteiger partial charge in [0.05, 0.1) is 16.5 Å². The maximum Gasteiger partial charge on any atom is 0.231 e. The first-order chi connectivity index (χ1) is 37.5. The highest BCUT2D eigenvalue weighted by Gasteiger charge is 2.51. The maximum atomic E-state index is 6.88. The van der Waals surface area contributed by atoms with E-state index in [0.717, 1.165) is 101 Å². The van der Waals surface area contributed by atoms with E-state index in [1.165, 1.54) is 44.5 Å².